The maximum Gasteiger partial charge on any atom is 0.317 e. The summed E-state index contributed by atoms with van der Waals surface area (Å²) in [4.78, 5) is 18.8. The van der Waals surface area contributed by atoms with Crippen LogP contribution >= 0.6 is 0 Å². The molecule has 0 saturated carbocycles. The Bertz CT molecular complexity index is 725. The lowest BCUT2D eigenvalue weighted by molar-refractivity contribution is 0.0436. The first-order valence-corrected chi connectivity index (χ1v) is 9.10. The van der Waals surface area contributed by atoms with Gasteiger partial charge in [0.1, 0.15) is 5.65 Å². The van der Waals surface area contributed by atoms with Gasteiger partial charge in [0.2, 0.25) is 0 Å². The average Bonchev–Trinajstić information content (AvgIpc) is 3.20. The van der Waals surface area contributed by atoms with Crippen molar-refractivity contribution in [3.8, 4) is 0 Å². The molecule has 2 aromatic rings. The van der Waals surface area contributed by atoms with E-state index < -0.39 is 0 Å². The largest absolute Gasteiger partial charge is 0.376 e. The fourth-order valence-corrected chi connectivity index (χ4v) is 3.11. The molecule has 136 valence electrons. The van der Waals surface area contributed by atoms with Crippen molar-refractivity contribution in [1.29, 1.82) is 0 Å². The topological polar surface area (TPSA) is 58.9 Å². The van der Waals surface area contributed by atoms with E-state index in [-0.39, 0.29) is 12.1 Å². The van der Waals surface area contributed by atoms with Gasteiger partial charge in [0.25, 0.3) is 0 Å². The number of nitrogens with one attached hydrogen (secondary N) is 1. The second-order valence-electron chi connectivity index (χ2n) is 7.22. The summed E-state index contributed by atoms with van der Waals surface area (Å²) in [6.45, 7) is 9.14. The third-order valence-electron chi connectivity index (χ3n) is 4.48. The molecule has 1 saturated heterocycles. The Kier molecular flexibility index (Phi) is 5.58. The van der Waals surface area contributed by atoms with Gasteiger partial charge in [-0.15, -0.1) is 0 Å². The maximum atomic E-state index is 12.3. The maximum absolute atomic E-state index is 12.3. The van der Waals surface area contributed by atoms with Crippen molar-refractivity contribution in [3.05, 3.63) is 35.8 Å². The molecule has 3 heterocycles. The summed E-state index contributed by atoms with van der Waals surface area (Å²) in [6.07, 6.45) is 5.85. The molecule has 2 aromatic heterocycles. The molecule has 1 aliphatic heterocycles. The van der Waals surface area contributed by atoms with Crippen LogP contribution in [0.25, 0.3) is 5.65 Å². The van der Waals surface area contributed by atoms with Crippen LogP contribution in [0.2, 0.25) is 0 Å². The van der Waals surface area contributed by atoms with Crippen LogP contribution in [0.1, 0.15) is 31.5 Å². The second-order valence-corrected chi connectivity index (χ2v) is 7.22. The van der Waals surface area contributed by atoms with Gasteiger partial charge in [0.05, 0.1) is 11.8 Å². The zero-order valence-corrected chi connectivity index (χ0v) is 15.4. The lowest BCUT2D eigenvalue weighted by Crippen LogP contribution is -2.40. The highest BCUT2D eigenvalue weighted by Crippen LogP contribution is 2.14. The third kappa shape index (κ3) is 4.51. The molecular formula is C19H28N4O2. The number of nitrogens with zero attached hydrogens (tertiary/aromatic N) is 3. The number of pyridine rings is 1. The smallest absolute Gasteiger partial charge is 0.317 e. The summed E-state index contributed by atoms with van der Waals surface area (Å²) in [5, 5.41) is 3.00. The molecule has 1 aliphatic rings. The fraction of sp³-hybridized carbons (Fsp3) is 0.579. The van der Waals surface area contributed by atoms with E-state index in [4.69, 9.17) is 4.74 Å². The second kappa shape index (κ2) is 7.87. The van der Waals surface area contributed by atoms with Gasteiger partial charge in [0.15, 0.2) is 0 Å². The number of aryl methyl sites for hydroxylation is 1. The quantitative estimate of drug-likeness (QED) is 0.876. The molecule has 0 aromatic carbocycles. The summed E-state index contributed by atoms with van der Waals surface area (Å²) in [7, 11) is 0. The lowest BCUT2D eigenvalue weighted by atomic mass is 10.2. The molecule has 3 rings (SSSR count). The molecule has 0 bridgehead atoms. The number of likely N-dealkylation sites (tertiary alicyclic amines) is 1. The van der Waals surface area contributed by atoms with Crippen LogP contribution in [0.3, 0.4) is 0 Å². The van der Waals surface area contributed by atoms with Crippen molar-refractivity contribution in [2.75, 3.05) is 26.2 Å². The van der Waals surface area contributed by atoms with E-state index >= 15 is 0 Å². The predicted molar refractivity (Wildman–Crippen MR) is 97.8 cm³/mol. The number of rotatable bonds is 6. The predicted octanol–water partition coefficient (Wildman–Crippen LogP) is 2.64. The van der Waals surface area contributed by atoms with Gasteiger partial charge in [-0.05, 0) is 30.9 Å². The molecule has 2 amide bonds. The first-order valence-electron chi connectivity index (χ1n) is 9.10. The minimum absolute atomic E-state index is 0.00408. The molecule has 0 unspecified atom stereocenters. The number of amides is 2. The van der Waals surface area contributed by atoms with E-state index in [0.29, 0.717) is 19.0 Å². The molecular weight excluding hydrogens is 316 g/mol. The van der Waals surface area contributed by atoms with Gasteiger partial charge in [-0.25, -0.2) is 9.78 Å². The average molecular weight is 344 g/mol. The van der Waals surface area contributed by atoms with Crippen LogP contribution in [0.4, 0.5) is 4.79 Å². The van der Waals surface area contributed by atoms with E-state index in [1.54, 1.807) is 0 Å². The monoisotopic (exact) mass is 344 g/mol. The van der Waals surface area contributed by atoms with Crippen LogP contribution in [0.15, 0.2) is 24.5 Å². The number of imidazole rings is 1. The van der Waals surface area contributed by atoms with Crippen molar-refractivity contribution >= 4 is 11.7 Å². The molecule has 6 heteroatoms. The van der Waals surface area contributed by atoms with Gasteiger partial charge in [0, 0.05) is 45.1 Å². The van der Waals surface area contributed by atoms with Crippen LogP contribution in [-0.4, -0.2) is 52.7 Å². The Balaban J connectivity index is 1.44. The van der Waals surface area contributed by atoms with Crippen molar-refractivity contribution in [2.45, 2.75) is 39.7 Å². The Morgan fingerprint density at radius 3 is 3.08 bits per heavy atom. The summed E-state index contributed by atoms with van der Waals surface area (Å²) in [6, 6.07) is 4.07. The molecule has 1 fully saturated rings. The SMILES string of the molecule is Cc1cccn2cc(CCNC(=O)N3CC[C@@H](OCC(C)C)C3)nc12. The Morgan fingerprint density at radius 1 is 1.48 bits per heavy atom. The van der Waals surface area contributed by atoms with Crippen LogP contribution in [0.5, 0.6) is 0 Å². The van der Waals surface area contributed by atoms with Crippen LogP contribution < -0.4 is 5.32 Å². The Hall–Kier alpha value is -2.08. The normalized spacial score (nSPS) is 17.6. The highest BCUT2D eigenvalue weighted by molar-refractivity contribution is 5.74. The minimum atomic E-state index is -0.00408. The summed E-state index contributed by atoms with van der Waals surface area (Å²) in [5.74, 6) is 0.525. The molecule has 1 N–H and O–H groups in total. The molecule has 0 spiro atoms. The number of carbonyl (C=O) groups excluding carboxylic acids is 1. The first kappa shape index (κ1) is 17.7. The van der Waals surface area contributed by atoms with Crippen LogP contribution in [-0.2, 0) is 11.2 Å². The molecule has 0 aliphatic carbocycles. The zero-order valence-electron chi connectivity index (χ0n) is 15.4. The van der Waals surface area contributed by atoms with Gasteiger partial charge in [-0.3, -0.25) is 0 Å². The van der Waals surface area contributed by atoms with Crippen molar-refractivity contribution < 1.29 is 9.53 Å². The number of ether oxygens (including phenoxy) is 1. The standard InChI is InChI=1S/C19H28N4O2/c1-14(2)13-25-17-7-10-23(12-17)19(24)20-8-6-16-11-22-9-4-5-15(3)18(22)21-16/h4-5,9,11,14,17H,6-8,10,12-13H2,1-3H3,(H,20,24)/t17-/m1/s1. The number of urea groups is 1. The fourth-order valence-electron chi connectivity index (χ4n) is 3.11. The highest BCUT2D eigenvalue weighted by atomic mass is 16.5. The van der Waals surface area contributed by atoms with Crippen molar-refractivity contribution in [2.24, 2.45) is 5.92 Å². The number of hydrogen-bond donors (Lipinski definition) is 1. The van der Waals surface area contributed by atoms with Crippen LogP contribution in [0, 0.1) is 12.8 Å². The number of carbonyl (C=O) groups is 1. The molecule has 0 radical (unpaired) electrons. The first-order chi connectivity index (χ1) is 12.0. The molecule has 1 atom stereocenters. The summed E-state index contributed by atoms with van der Waals surface area (Å²) < 4.78 is 7.86. The van der Waals surface area contributed by atoms with E-state index in [9.17, 15) is 4.79 Å². The summed E-state index contributed by atoms with van der Waals surface area (Å²) >= 11 is 0. The minimum Gasteiger partial charge on any atom is -0.376 e. The number of aromatic nitrogens is 2. The Labute approximate surface area is 149 Å². The van der Waals surface area contributed by atoms with E-state index in [1.807, 2.05) is 27.8 Å². The molecule has 6 nitrogen and oxygen atoms in total. The Morgan fingerprint density at radius 2 is 2.32 bits per heavy atom. The number of fused-ring (bicyclic) bond motifs is 1. The van der Waals surface area contributed by atoms with E-state index in [0.717, 1.165) is 42.9 Å². The summed E-state index contributed by atoms with van der Waals surface area (Å²) in [5.41, 5.74) is 3.13. The van der Waals surface area contributed by atoms with Gasteiger partial charge in [-0.2, -0.15) is 0 Å². The lowest BCUT2D eigenvalue weighted by Gasteiger charge is -2.18. The van der Waals surface area contributed by atoms with Crippen molar-refractivity contribution in [3.63, 3.8) is 0 Å². The van der Waals surface area contributed by atoms with E-state index in [2.05, 4.69) is 37.1 Å². The molecule has 25 heavy (non-hydrogen) atoms. The van der Waals surface area contributed by atoms with Crippen molar-refractivity contribution in [1.82, 2.24) is 19.6 Å². The zero-order chi connectivity index (χ0) is 17.8. The highest BCUT2D eigenvalue weighted by Gasteiger charge is 2.26. The van der Waals surface area contributed by atoms with Gasteiger partial charge >= 0.3 is 6.03 Å². The van der Waals surface area contributed by atoms with E-state index in [1.165, 1.54) is 0 Å². The van der Waals surface area contributed by atoms with Gasteiger partial charge in [-0.1, -0.05) is 19.9 Å². The van der Waals surface area contributed by atoms with Gasteiger partial charge < -0.3 is 19.4 Å². The number of hydrogen-bond acceptors (Lipinski definition) is 3. The third-order valence-corrected chi connectivity index (χ3v) is 4.48.